The molecule has 0 saturated carbocycles. The molecular formula is C47H40N4O. The van der Waals surface area contributed by atoms with E-state index < -0.39 is 0 Å². The van der Waals surface area contributed by atoms with Gasteiger partial charge in [0, 0.05) is 40.4 Å². The summed E-state index contributed by atoms with van der Waals surface area (Å²) < 4.78 is 8.93. The molecule has 254 valence electrons. The molecule has 3 heterocycles. The molecule has 0 unspecified atom stereocenters. The number of hydrogen-bond acceptors (Lipinski definition) is 4. The number of para-hydroxylation sites is 3. The number of pyridine rings is 1. The van der Waals surface area contributed by atoms with E-state index in [0.717, 1.165) is 39.7 Å². The Balaban J connectivity index is 1.08. The van der Waals surface area contributed by atoms with Gasteiger partial charge >= 0.3 is 0 Å². The van der Waals surface area contributed by atoms with Crippen LogP contribution in [0.4, 0.5) is 22.7 Å². The van der Waals surface area contributed by atoms with Crippen molar-refractivity contribution >= 4 is 44.6 Å². The minimum Gasteiger partial charge on any atom is -0.457 e. The van der Waals surface area contributed by atoms with Crippen molar-refractivity contribution in [3.05, 3.63) is 169 Å². The largest absolute Gasteiger partial charge is 0.457 e. The van der Waals surface area contributed by atoms with Crippen LogP contribution in [0.3, 0.4) is 0 Å². The number of aromatic nitrogens is 2. The lowest BCUT2D eigenvalue weighted by Crippen LogP contribution is -2.24. The topological polar surface area (TPSA) is 33.5 Å². The predicted octanol–water partition coefficient (Wildman–Crippen LogP) is 12.5. The highest BCUT2D eigenvalue weighted by Gasteiger charge is 2.30. The van der Waals surface area contributed by atoms with Crippen molar-refractivity contribution in [3.63, 3.8) is 0 Å². The average Bonchev–Trinajstić information content (AvgIpc) is 3.71. The van der Waals surface area contributed by atoms with Gasteiger partial charge in [0.2, 0.25) is 0 Å². The SMILES string of the molecule is Cc1cccc(N2CN(c3cccc(Oc4ccc5c6ccccc6n(-c6cc(C(C)(C)C)ccn6)c5c4)c3)c3ccccc32)c1-c1ccccc1. The van der Waals surface area contributed by atoms with Crippen LogP contribution in [0, 0.1) is 6.92 Å². The monoisotopic (exact) mass is 676 g/mol. The van der Waals surface area contributed by atoms with Gasteiger partial charge in [0.15, 0.2) is 0 Å². The smallest absolute Gasteiger partial charge is 0.137 e. The summed E-state index contributed by atoms with van der Waals surface area (Å²) in [4.78, 5) is 9.64. The molecule has 6 aromatic carbocycles. The molecule has 52 heavy (non-hydrogen) atoms. The van der Waals surface area contributed by atoms with Gasteiger partial charge in [-0.25, -0.2) is 4.98 Å². The number of hydrogen-bond donors (Lipinski definition) is 0. The number of fused-ring (bicyclic) bond motifs is 4. The van der Waals surface area contributed by atoms with Crippen LogP contribution in [0.5, 0.6) is 11.5 Å². The average molecular weight is 677 g/mol. The van der Waals surface area contributed by atoms with Crippen LogP contribution >= 0.6 is 0 Å². The third kappa shape index (κ3) is 5.46. The molecule has 2 aromatic heterocycles. The summed E-state index contributed by atoms with van der Waals surface area (Å²) in [5, 5.41) is 2.36. The van der Waals surface area contributed by atoms with Gasteiger partial charge < -0.3 is 14.5 Å². The van der Waals surface area contributed by atoms with E-state index in [0.29, 0.717) is 6.67 Å². The Hall–Kier alpha value is -6.33. The summed E-state index contributed by atoms with van der Waals surface area (Å²) in [7, 11) is 0. The fourth-order valence-corrected chi connectivity index (χ4v) is 7.62. The van der Waals surface area contributed by atoms with Gasteiger partial charge in [-0.05, 0) is 89.7 Å². The van der Waals surface area contributed by atoms with E-state index >= 15 is 0 Å². The highest BCUT2D eigenvalue weighted by Crippen LogP contribution is 2.48. The predicted molar refractivity (Wildman–Crippen MR) is 216 cm³/mol. The second kappa shape index (κ2) is 12.5. The van der Waals surface area contributed by atoms with Crippen molar-refractivity contribution in [1.29, 1.82) is 0 Å². The molecule has 1 aliphatic heterocycles. The molecule has 5 heteroatoms. The van der Waals surface area contributed by atoms with Gasteiger partial charge in [-0.3, -0.25) is 4.57 Å². The summed E-state index contributed by atoms with van der Waals surface area (Å²) in [6.45, 7) is 9.59. The third-order valence-electron chi connectivity index (χ3n) is 10.2. The Morgan fingerprint density at radius 3 is 2.10 bits per heavy atom. The van der Waals surface area contributed by atoms with E-state index in [1.54, 1.807) is 0 Å². The first-order valence-electron chi connectivity index (χ1n) is 17.9. The van der Waals surface area contributed by atoms with Crippen molar-refractivity contribution in [2.75, 3.05) is 16.5 Å². The molecule has 0 bridgehead atoms. The zero-order chi connectivity index (χ0) is 35.4. The van der Waals surface area contributed by atoms with Gasteiger partial charge in [0.1, 0.15) is 24.0 Å². The van der Waals surface area contributed by atoms with Crippen LogP contribution < -0.4 is 14.5 Å². The third-order valence-corrected chi connectivity index (χ3v) is 10.2. The van der Waals surface area contributed by atoms with Crippen molar-refractivity contribution < 1.29 is 4.74 Å². The zero-order valence-corrected chi connectivity index (χ0v) is 29.9. The van der Waals surface area contributed by atoms with Crippen LogP contribution in [-0.4, -0.2) is 16.2 Å². The lowest BCUT2D eigenvalue weighted by molar-refractivity contribution is 0.483. The Morgan fingerprint density at radius 1 is 0.577 bits per heavy atom. The second-order valence-corrected chi connectivity index (χ2v) is 14.6. The molecule has 0 radical (unpaired) electrons. The van der Waals surface area contributed by atoms with Gasteiger partial charge in [0.05, 0.1) is 28.1 Å². The zero-order valence-electron chi connectivity index (χ0n) is 29.9. The maximum absolute atomic E-state index is 6.67. The van der Waals surface area contributed by atoms with Gasteiger partial charge in [-0.2, -0.15) is 0 Å². The van der Waals surface area contributed by atoms with E-state index in [2.05, 4.69) is 188 Å². The van der Waals surface area contributed by atoms with Gasteiger partial charge in [0.25, 0.3) is 0 Å². The Kier molecular flexibility index (Phi) is 7.58. The van der Waals surface area contributed by atoms with Crippen molar-refractivity contribution in [1.82, 2.24) is 9.55 Å². The quantitative estimate of drug-likeness (QED) is 0.176. The summed E-state index contributed by atoms with van der Waals surface area (Å²) >= 11 is 0. The van der Waals surface area contributed by atoms with Crippen molar-refractivity contribution in [2.24, 2.45) is 0 Å². The molecule has 0 aliphatic carbocycles. The van der Waals surface area contributed by atoms with Crippen molar-refractivity contribution in [3.8, 4) is 28.4 Å². The van der Waals surface area contributed by atoms with Crippen LogP contribution in [0.25, 0.3) is 38.8 Å². The van der Waals surface area contributed by atoms with Crippen molar-refractivity contribution in [2.45, 2.75) is 33.1 Å². The molecule has 0 fully saturated rings. The first kappa shape index (κ1) is 31.6. The van der Waals surface area contributed by atoms with Gasteiger partial charge in [-0.15, -0.1) is 0 Å². The fraction of sp³-hybridized carbons (Fsp3) is 0.128. The Bertz CT molecular complexity index is 2600. The van der Waals surface area contributed by atoms with E-state index in [4.69, 9.17) is 9.72 Å². The first-order chi connectivity index (χ1) is 25.3. The normalized spacial score (nSPS) is 12.8. The van der Waals surface area contributed by atoms with E-state index in [1.165, 1.54) is 44.4 Å². The standard InChI is InChI=1S/C47H40N4O/c1-32-14-12-23-43(46(32)33-15-6-5-7-16-33)50-31-49(41-21-10-11-22-42(41)50)35-17-13-18-36(29-35)52-37-24-25-39-38-19-8-9-20-40(38)51(44(39)30-37)45-28-34(26-27-48-45)47(2,3)4/h5-30H,31H2,1-4H3. The number of rotatable bonds is 6. The molecular weight excluding hydrogens is 637 g/mol. The van der Waals surface area contributed by atoms with Crippen LogP contribution in [-0.2, 0) is 5.41 Å². The molecule has 1 aliphatic rings. The van der Waals surface area contributed by atoms with Crippen LogP contribution in [0.2, 0.25) is 0 Å². The first-order valence-corrected chi connectivity index (χ1v) is 17.9. The van der Waals surface area contributed by atoms with Crippen LogP contribution in [0.15, 0.2) is 158 Å². The summed E-state index contributed by atoms with van der Waals surface area (Å²) in [6, 6.07) is 53.6. The number of anilines is 4. The Labute approximate surface area is 305 Å². The summed E-state index contributed by atoms with van der Waals surface area (Å²) in [5.74, 6) is 2.46. The molecule has 9 rings (SSSR count). The highest BCUT2D eigenvalue weighted by molar-refractivity contribution is 6.09. The maximum atomic E-state index is 6.67. The van der Waals surface area contributed by atoms with Gasteiger partial charge in [-0.1, -0.05) is 99.6 Å². The number of ether oxygens (including phenoxy) is 1. The maximum Gasteiger partial charge on any atom is 0.137 e. The fourth-order valence-electron chi connectivity index (χ4n) is 7.62. The number of benzene rings is 6. The lowest BCUT2D eigenvalue weighted by atomic mass is 9.88. The molecule has 8 aromatic rings. The second-order valence-electron chi connectivity index (χ2n) is 14.6. The molecule has 5 nitrogen and oxygen atoms in total. The van der Waals surface area contributed by atoms with E-state index in [9.17, 15) is 0 Å². The highest BCUT2D eigenvalue weighted by atomic mass is 16.5. The number of aryl methyl sites for hydroxylation is 1. The minimum atomic E-state index is 0.00679. The molecule has 0 N–H and O–H groups in total. The summed E-state index contributed by atoms with van der Waals surface area (Å²) in [5.41, 5.74) is 11.8. The Morgan fingerprint density at radius 2 is 1.27 bits per heavy atom. The van der Waals surface area contributed by atoms with Crippen LogP contribution in [0.1, 0.15) is 31.9 Å². The molecule has 0 saturated heterocycles. The molecule has 0 spiro atoms. The van der Waals surface area contributed by atoms with E-state index in [-0.39, 0.29) is 5.41 Å². The minimum absolute atomic E-state index is 0.00679. The number of nitrogens with zero attached hydrogens (tertiary/aromatic N) is 4. The molecule has 0 atom stereocenters. The molecule has 0 amide bonds. The summed E-state index contributed by atoms with van der Waals surface area (Å²) in [6.07, 6.45) is 1.92. The van der Waals surface area contributed by atoms with E-state index in [1.807, 2.05) is 12.3 Å². The lowest BCUT2D eigenvalue weighted by Gasteiger charge is -2.25.